The van der Waals surface area contributed by atoms with Crippen LogP contribution in [-0.2, 0) is 11.8 Å². The lowest BCUT2D eigenvalue weighted by Gasteiger charge is -2.12. The molecule has 0 aliphatic heterocycles. The molecule has 0 radical (unpaired) electrons. The summed E-state index contributed by atoms with van der Waals surface area (Å²) in [6, 6.07) is 5.30. The summed E-state index contributed by atoms with van der Waals surface area (Å²) in [6.07, 6.45) is 1.83. The third kappa shape index (κ3) is 2.59. The van der Waals surface area contributed by atoms with Gasteiger partial charge in [-0.25, -0.2) is 9.36 Å². The highest BCUT2D eigenvalue weighted by molar-refractivity contribution is 5.81. The van der Waals surface area contributed by atoms with Gasteiger partial charge in [0.05, 0.1) is 11.7 Å². The summed E-state index contributed by atoms with van der Waals surface area (Å²) in [6.45, 7) is 8.91. The summed E-state index contributed by atoms with van der Waals surface area (Å²) in [5.74, 6) is 0.292. The number of ketones is 1. The Morgan fingerprint density at radius 2 is 1.83 bits per heavy atom. The third-order valence-corrected chi connectivity index (χ3v) is 5.56. The standard InChI is InChI=1S/C21H23N5O3/c1-11-7-8-12(2)16(9-11)25-13(3)10-24-17-18(22-20(24)25)23(6)21(29)26(19(17)28)14(4)15(5)27/h7-10,14H,1-6H3/t14-/m1/s1. The quantitative estimate of drug-likeness (QED) is 0.534. The molecule has 0 aliphatic rings. The molecule has 150 valence electrons. The lowest BCUT2D eigenvalue weighted by molar-refractivity contribution is -0.119. The average molecular weight is 393 g/mol. The smallest absolute Gasteiger partial charge is 0.298 e. The summed E-state index contributed by atoms with van der Waals surface area (Å²) in [4.78, 5) is 42.5. The van der Waals surface area contributed by atoms with Gasteiger partial charge in [-0.15, -0.1) is 0 Å². The van der Waals surface area contributed by atoms with Gasteiger partial charge in [0.2, 0.25) is 5.78 Å². The topological polar surface area (TPSA) is 83.3 Å². The van der Waals surface area contributed by atoms with Gasteiger partial charge >= 0.3 is 5.69 Å². The summed E-state index contributed by atoms with van der Waals surface area (Å²) >= 11 is 0. The largest absolute Gasteiger partial charge is 0.333 e. The first-order valence-corrected chi connectivity index (χ1v) is 9.43. The van der Waals surface area contributed by atoms with Crippen LogP contribution in [0.5, 0.6) is 0 Å². The Morgan fingerprint density at radius 3 is 2.48 bits per heavy atom. The molecular formula is C21H23N5O3. The molecule has 3 aromatic heterocycles. The Morgan fingerprint density at radius 1 is 1.14 bits per heavy atom. The zero-order chi connectivity index (χ0) is 21.2. The first-order valence-electron chi connectivity index (χ1n) is 9.43. The van der Waals surface area contributed by atoms with Gasteiger partial charge in [-0.1, -0.05) is 12.1 Å². The predicted octanol–water partition coefficient (Wildman–Crippen LogP) is 2.21. The molecule has 4 aromatic rings. The Labute approximate surface area is 166 Å². The lowest BCUT2D eigenvalue weighted by atomic mass is 10.1. The van der Waals surface area contributed by atoms with Gasteiger partial charge < -0.3 is 0 Å². The molecule has 0 saturated carbocycles. The predicted molar refractivity (Wildman–Crippen MR) is 111 cm³/mol. The van der Waals surface area contributed by atoms with E-state index in [0.29, 0.717) is 11.4 Å². The van der Waals surface area contributed by atoms with Crippen LogP contribution in [0, 0.1) is 20.8 Å². The molecule has 1 atom stereocenters. The number of carbonyl (C=O) groups excluding carboxylic acids is 1. The number of rotatable bonds is 3. The molecule has 0 saturated heterocycles. The minimum Gasteiger partial charge on any atom is -0.298 e. The molecule has 4 rings (SSSR count). The number of carbonyl (C=O) groups is 1. The number of aromatic nitrogens is 5. The Bertz CT molecular complexity index is 1430. The van der Waals surface area contributed by atoms with Gasteiger partial charge in [0.15, 0.2) is 16.9 Å². The van der Waals surface area contributed by atoms with Crippen molar-refractivity contribution in [2.45, 2.75) is 40.7 Å². The van der Waals surface area contributed by atoms with Gasteiger partial charge in [0, 0.05) is 18.9 Å². The van der Waals surface area contributed by atoms with E-state index in [0.717, 1.165) is 27.1 Å². The maximum atomic E-state index is 13.2. The van der Waals surface area contributed by atoms with Gasteiger partial charge in [-0.2, -0.15) is 4.98 Å². The van der Waals surface area contributed by atoms with Crippen molar-refractivity contribution < 1.29 is 4.79 Å². The molecule has 29 heavy (non-hydrogen) atoms. The second-order valence-corrected chi connectivity index (χ2v) is 7.65. The third-order valence-electron chi connectivity index (χ3n) is 5.56. The molecule has 1 aromatic carbocycles. The van der Waals surface area contributed by atoms with Crippen molar-refractivity contribution in [2.24, 2.45) is 7.05 Å². The van der Waals surface area contributed by atoms with Crippen molar-refractivity contribution in [1.82, 2.24) is 23.1 Å². The van der Waals surface area contributed by atoms with Crippen LogP contribution in [0.2, 0.25) is 0 Å². The highest BCUT2D eigenvalue weighted by Gasteiger charge is 2.24. The van der Waals surface area contributed by atoms with Gasteiger partial charge in [0.1, 0.15) is 0 Å². The molecule has 3 heterocycles. The monoisotopic (exact) mass is 393 g/mol. The van der Waals surface area contributed by atoms with Crippen molar-refractivity contribution in [3.8, 4) is 5.69 Å². The molecule has 8 heteroatoms. The summed E-state index contributed by atoms with van der Waals surface area (Å²) in [5.41, 5.74) is 3.55. The first kappa shape index (κ1) is 18.9. The Balaban J connectivity index is 2.17. The molecule has 0 unspecified atom stereocenters. The van der Waals surface area contributed by atoms with E-state index in [1.807, 2.05) is 43.7 Å². The number of hydrogen-bond acceptors (Lipinski definition) is 4. The van der Waals surface area contributed by atoms with E-state index in [1.54, 1.807) is 18.4 Å². The van der Waals surface area contributed by atoms with Crippen molar-refractivity contribution >= 4 is 22.7 Å². The van der Waals surface area contributed by atoms with E-state index in [4.69, 9.17) is 0 Å². The average Bonchev–Trinajstić information content (AvgIpc) is 3.16. The van der Waals surface area contributed by atoms with Crippen LogP contribution in [0.3, 0.4) is 0 Å². The number of aryl methyl sites for hydroxylation is 4. The SMILES string of the molecule is CC(=O)[C@@H](C)n1c(=O)c2c(nc3n(-c4cc(C)ccc4C)c(C)cn23)n(C)c1=O. The van der Waals surface area contributed by atoms with E-state index in [-0.39, 0.29) is 11.3 Å². The number of nitrogens with zero attached hydrogens (tertiary/aromatic N) is 5. The number of imidazole rings is 2. The van der Waals surface area contributed by atoms with Gasteiger partial charge in [-0.05, 0) is 51.8 Å². The van der Waals surface area contributed by atoms with Crippen LogP contribution in [0.4, 0.5) is 0 Å². The second kappa shape index (κ2) is 6.30. The summed E-state index contributed by atoms with van der Waals surface area (Å²) in [7, 11) is 1.56. The maximum absolute atomic E-state index is 13.2. The van der Waals surface area contributed by atoms with E-state index in [1.165, 1.54) is 11.5 Å². The molecular weight excluding hydrogens is 370 g/mol. The molecule has 0 N–H and O–H groups in total. The minimum absolute atomic E-state index is 0.256. The van der Waals surface area contributed by atoms with Crippen LogP contribution in [0.15, 0.2) is 34.0 Å². The second-order valence-electron chi connectivity index (χ2n) is 7.65. The maximum Gasteiger partial charge on any atom is 0.333 e. The minimum atomic E-state index is -0.849. The van der Waals surface area contributed by atoms with Crippen LogP contribution >= 0.6 is 0 Å². The van der Waals surface area contributed by atoms with Crippen molar-refractivity contribution in [3.63, 3.8) is 0 Å². The molecule has 0 aliphatic carbocycles. The fourth-order valence-electron chi connectivity index (χ4n) is 3.76. The normalized spacial score (nSPS) is 12.8. The number of fused-ring (bicyclic) bond motifs is 3. The number of Topliss-reactive ketones (excluding diaryl/α,β-unsaturated/α-hetero) is 1. The highest BCUT2D eigenvalue weighted by Crippen LogP contribution is 2.24. The Hall–Kier alpha value is -3.42. The fourth-order valence-corrected chi connectivity index (χ4v) is 3.76. The van der Waals surface area contributed by atoms with Gasteiger partial charge in [0.25, 0.3) is 5.56 Å². The van der Waals surface area contributed by atoms with Gasteiger partial charge in [-0.3, -0.25) is 23.1 Å². The van der Waals surface area contributed by atoms with E-state index in [2.05, 4.69) is 11.1 Å². The highest BCUT2D eigenvalue weighted by atomic mass is 16.2. The first-order chi connectivity index (χ1) is 13.6. The van der Waals surface area contributed by atoms with Crippen LogP contribution < -0.4 is 11.2 Å². The number of hydrogen-bond donors (Lipinski definition) is 0. The van der Waals surface area contributed by atoms with E-state index in [9.17, 15) is 14.4 Å². The molecule has 8 nitrogen and oxygen atoms in total. The summed E-state index contributed by atoms with van der Waals surface area (Å²) in [5, 5.41) is 0. The molecule has 0 bridgehead atoms. The summed E-state index contributed by atoms with van der Waals surface area (Å²) < 4.78 is 6.01. The Kier molecular flexibility index (Phi) is 4.11. The van der Waals surface area contributed by atoms with Crippen LogP contribution in [0.25, 0.3) is 22.6 Å². The molecule has 0 amide bonds. The van der Waals surface area contributed by atoms with Crippen molar-refractivity contribution in [3.05, 3.63) is 62.1 Å². The van der Waals surface area contributed by atoms with E-state index >= 15 is 0 Å². The van der Waals surface area contributed by atoms with Crippen molar-refractivity contribution in [1.29, 1.82) is 0 Å². The zero-order valence-electron chi connectivity index (χ0n) is 17.3. The van der Waals surface area contributed by atoms with Crippen molar-refractivity contribution in [2.75, 3.05) is 0 Å². The van der Waals surface area contributed by atoms with Crippen LogP contribution in [-0.4, -0.2) is 28.9 Å². The molecule has 0 fully saturated rings. The zero-order valence-corrected chi connectivity index (χ0v) is 17.3. The fraction of sp³-hybridized carbons (Fsp3) is 0.333. The number of benzene rings is 1. The van der Waals surface area contributed by atoms with E-state index < -0.39 is 17.3 Å². The van der Waals surface area contributed by atoms with Crippen LogP contribution in [0.1, 0.15) is 36.7 Å². The molecule has 0 spiro atoms. The lowest BCUT2D eigenvalue weighted by Crippen LogP contribution is -2.42.